The zero-order chi connectivity index (χ0) is 100. The molecule has 0 saturated heterocycles. The van der Waals surface area contributed by atoms with E-state index in [1.165, 1.54) is 22.3 Å². The van der Waals surface area contributed by atoms with Crippen LogP contribution in [0, 0.1) is 34.0 Å². The summed E-state index contributed by atoms with van der Waals surface area (Å²) < 4.78 is 18.9. The van der Waals surface area contributed by atoms with Gasteiger partial charge in [0.05, 0.1) is 81.1 Å². The molecule has 19 aromatic carbocycles. The molecule has 0 radical (unpaired) electrons. The zero-order valence-corrected chi connectivity index (χ0v) is 80.4. The minimum atomic E-state index is -0.724. The second-order valence-electron chi connectivity index (χ2n) is 37.3. The molecule has 150 heavy (non-hydrogen) atoms. The van der Waals surface area contributed by atoms with E-state index in [0.717, 1.165) is 166 Å². The van der Waals surface area contributed by atoms with Crippen LogP contribution in [0.25, 0.3) is 180 Å². The fourth-order valence-corrected chi connectivity index (χ4v) is 22.7. The van der Waals surface area contributed by atoms with Gasteiger partial charge in [-0.05, 0) is 179 Å². The molecular formula is C135H82N12O3. The molecule has 700 valence electrons. The molecule has 0 aliphatic heterocycles. The van der Waals surface area contributed by atoms with E-state index < -0.39 is 16.2 Å². The Morgan fingerprint density at radius 3 is 0.713 bits per heavy atom. The summed E-state index contributed by atoms with van der Waals surface area (Å²) in [7, 11) is 0. The topological polar surface area (TPSA) is 227 Å². The quantitative estimate of drug-likeness (QED) is 0.0876. The highest BCUT2D eigenvalue weighted by molar-refractivity contribution is 6.11. The molecule has 15 nitrogen and oxygen atoms in total. The van der Waals surface area contributed by atoms with Gasteiger partial charge in [-0.25, -0.2) is 44.9 Å². The van der Waals surface area contributed by atoms with Gasteiger partial charge in [0.1, 0.15) is 16.7 Å². The van der Waals surface area contributed by atoms with E-state index in [4.69, 9.17) is 58.1 Å². The highest BCUT2D eigenvalue weighted by Gasteiger charge is 2.52. The van der Waals surface area contributed by atoms with Crippen LogP contribution < -0.4 is 0 Å². The first kappa shape index (κ1) is 89.4. The summed E-state index contributed by atoms with van der Waals surface area (Å²) in [5.41, 5.74) is 32.2. The Labute approximate surface area is 863 Å². The van der Waals surface area contributed by atoms with E-state index in [1.807, 2.05) is 261 Å². The first-order valence-corrected chi connectivity index (χ1v) is 49.6. The Bertz CT molecular complexity index is 9470. The summed E-state index contributed by atoms with van der Waals surface area (Å²) in [6.07, 6.45) is 5.27. The molecule has 3 aliphatic carbocycles. The zero-order valence-electron chi connectivity index (χ0n) is 80.4. The predicted octanol–water partition coefficient (Wildman–Crippen LogP) is 31.2. The molecule has 28 rings (SSSR count). The Hall–Kier alpha value is -20.7. The van der Waals surface area contributed by atoms with Crippen molar-refractivity contribution in [2.45, 2.75) is 16.2 Å². The van der Waals surface area contributed by atoms with Gasteiger partial charge in [-0.1, -0.05) is 406 Å². The molecule has 0 fully saturated rings. The number of nitriles is 3. The lowest BCUT2D eigenvalue weighted by atomic mass is 9.67. The van der Waals surface area contributed by atoms with Gasteiger partial charge in [-0.2, -0.15) is 15.8 Å². The predicted molar refractivity (Wildman–Crippen MR) is 589 cm³/mol. The summed E-state index contributed by atoms with van der Waals surface area (Å²) in [6, 6.07) is 170. The third-order valence-electron chi connectivity index (χ3n) is 29.2. The lowest BCUT2D eigenvalue weighted by molar-refractivity contribution is 0.616. The van der Waals surface area contributed by atoms with E-state index in [0.29, 0.717) is 74.7 Å². The van der Waals surface area contributed by atoms with Crippen molar-refractivity contribution >= 4 is 32.9 Å². The van der Waals surface area contributed by atoms with E-state index in [1.54, 1.807) is 18.8 Å². The average Bonchev–Trinajstić information content (AvgIpc) is 1.53. The smallest absolute Gasteiger partial charge is 0.167 e. The van der Waals surface area contributed by atoms with Crippen molar-refractivity contribution in [3.63, 3.8) is 0 Å². The van der Waals surface area contributed by atoms with E-state index >= 15 is 0 Å². The maximum absolute atomic E-state index is 10.0. The van der Waals surface area contributed by atoms with Crippen LogP contribution in [0.3, 0.4) is 0 Å². The maximum Gasteiger partial charge on any atom is 0.167 e. The molecule has 0 saturated carbocycles. The molecule has 25 aromatic rings. The second-order valence-corrected chi connectivity index (χ2v) is 37.3. The van der Waals surface area contributed by atoms with Crippen molar-refractivity contribution in [1.82, 2.24) is 44.9 Å². The number of aromatic nitrogens is 9. The molecule has 15 heteroatoms. The Morgan fingerprint density at radius 2 is 0.400 bits per heavy atom. The number of fused-ring (bicyclic) bond motifs is 15. The van der Waals surface area contributed by atoms with Gasteiger partial charge in [-0.15, -0.1) is 0 Å². The molecule has 0 amide bonds. The molecular weight excluding hydrogens is 1840 g/mol. The van der Waals surface area contributed by atoms with Gasteiger partial charge >= 0.3 is 0 Å². The summed E-state index contributed by atoms with van der Waals surface area (Å²) in [5, 5.41) is 32.2. The van der Waals surface area contributed by atoms with E-state index in [9.17, 15) is 15.8 Å². The van der Waals surface area contributed by atoms with Gasteiger partial charge in [0.25, 0.3) is 0 Å². The fraction of sp³-hybridized carbons (Fsp3) is 0.0222. The minimum Gasteiger partial charge on any atom is -0.464 e. The fourth-order valence-electron chi connectivity index (χ4n) is 22.7. The van der Waals surface area contributed by atoms with Gasteiger partial charge in [0, 0.05) is 60.7 Å². The Balaban J connectivity index is 0.000000114. The second kappa shape index (κ2) is 37.6. The van der Waals surface area contributed by atoms with Crippen LogP contribution in [0.5, 0.6) is 0 Å². The van der Waals surface area contributed by atoms with E-state index in [-0.39, 0.29) is 0 Å². The number of furan rings is 3. The van der Waals surface area contributed by atoms with Crippen LogP contribution in [-0.4, -0.2) is 44.9 Å². The van der Waals surface area contributed by atoms with Crippen molar-refractivity contribution < 1.29 is 13.3 Å². The molecule has 3 atom stereocenters. The third-order valence-corrected chi connectivity index (χ3v) is 29.2. The molecule has 6 aromatic heterocycles. The number of rotatable bonds is 16. The number of nitrogens with zero attached hydrogens (tertiary/aromatic N) is 12. The van der Waals surface area contributed by atoms with Crippen LogP contribution in [0.2, 0.25) is 0 Å². The number of hydrogen-bond acceptors (Lipinski definition) is 15. The van der Waals surface area contributed by atoms with E-state index in [2.05, 4.69) is 237 Å². The molecule has 6 heterocycles. The summed E-state index contributed by atoms with van der Waals surface area (Å²) in [5.74, 6) is 5.26. The lowest BCUT2D eigenvalue weighted by Gasteiger charge is -2.34. The number of benzene rings is 19. The molecule has 3 aliphatic rings. The summed E-state index contributed by atoms with van der Waals surface area (Å²) >= 11 is 0. The molecule has 0 spiro atoms. The van der Waals surface area contributed by atoms with Gasteiger partial charge in [0.2, 0.25) is 0 Å². The third kappa shape index (κ3) is 15.0. The monoisotopic (exact) mass is 1920 g/mol. The molecule has 3 unspecified atom stereocenters. The van der Waals surface area contributed by atoms with Crippen LogP contribution in [0.1, 0.15) is 83.5 Å². The first-order valence-electron chi connectivity index (χ1n) is 49.6. The Kier molecular flexibility index (Phi) is 22.4. The summed E-state index contributed by atoms with van der Waals surface area (Å²) in [4.78, 5) is 45.2. The van der Waals surface area contributed by atoms with Crippen molar-refractivity contribution in [3.05, 3.63) is 581 Å². The van der Waals surface area contributed by atoms with Crippen LogP contribution in [0.4, 0.5) is 0 Å². The van der Waals surface area contributed by atoms with Crippen LogP contribution in [-0.2, 0) is 16.2 Å². The summed E-state index contributed by atoms with van der Waals surface area (Å²) in [6.45, 7) is 0. The normalized spacial score (nSPS) is 14.6. The van der Waals surface area contributed by atoms with Crippen LogP contribution in [0.15, 0.2) is 511 Å². The average molecular weight is 1920 g/mol. The van der Waals surface area contributed by atoms with Crippen molar-refractivity contribution in [2.75, 3.05) is 0 Å². The highest BCUT2D eigenvalue weighted by Crippen LogP contribution is 2.64. The highest BCUT2D eigenvalue weighted by atomic mass is 16.3. The van der Waals surface area contributed by atoms with Gasteiger partial charge < -0.3 is 13.3 Å². The van der Waals surface area contributed by atoms with Gasteiger partial charge in [-0.3, -0.25) is 0 Å². The standard InChI is InChI=1S/C49H30N4O.2C43H26N4O/c50-31-32-20-22-33(23-21-32)41-30-43-44(40-28-29-54-45(40)41)39-18-10-11-19-42(39)49(43,37-16-8-3-9-17-37)38-26-24-36(25-27-38)48-52-46(34-12-4-1-5-13-34)51-47(53-48)35-14-6-2-7-15-35;44-27-28-13-12-20-32(25-28)43(31-18-8-3-9-19-31)36-22-11-10-21-33(36)38-34-23-24-48-39(34)35(26-37(38)43)42-46-40(29-14-4-1-5-15-29)45-41(47-42)30-16-6-2-7-17-30;44-27-28-20-22-32(23-21-28)43(31-16-8-3-9-17-31)36-19-11-10-18-33(36)38-34-24-25-48-39(34)35(26-37(38)43)42-46-40(29-12-4-1-5-13-29)45-41(47-42)30-14-6-2-7-15-30/h1-30H;2*1-26H. The first-order chi connectivity index (χ1) is 74.2. The van der Waals surface area contributed by atoms with Gasteiger partial charge in [0.15, 0.2) is 52.4 Å². The molecule has 0 bridgehead atoms. The minimum absolute atomic E-state index is 0.522. The SMILES string of the molecule is N#Cc1ccc(-c2cc3c(c4ccoc24)-c2ccccc2C3(c2ccccc2)c2ccc(-c3nc(-c4ccccc4)nc(-c4ccccc4)n3)cc2)cc1.N#Cc1ccc(C2(c3ccccc3)c3ccccc3-c3c2cc(-c2nc(-c4ccccc4)nc(-c4ccccc4)n2)c2occc32)cc1.N#Cc1cccc(C2(c3ccccc3)c3ccccc3-c3c2cc(-c2nc(-c4ccccc4)nc(-c4ccccc4)n2)c2occc32)c1. The van der Waals surface area contributed by atoms with Crippen molar-refractivity contribution in [1.29, 1.82) is 15.8 Å². The molecule has 0 N–H and O–H groups in total. The maximum atomic E-state index is 10.0. The van der Waals surface area contributed by atoms with Crippen LogP contribution >= 0.6 is 0 Å². The Morgan fingerprint density at radius 1 is 0.167 bits per heavy atom. The van der Waals surface area contributed by atoms with Crippen molar-refractivity contribution in [3.8, 4) is 165 Å². The number of hydrogen-bond donors (Lipinski definition) is 0. The van der Waals surface area contributed by atoms with Crippen molar-refractivity contribution in [2.24, 2.45) is 0 Å². The lowest BCUT2D eigenvalue weighted by Crippen LogP contribution is -2.28. The largest absolute Gasteiger partial charge is 0.464 e.